The van der Waals surface area contributed by atoms with E-state index in [4.69, 9.17) is 0 Å². The van der Waals surface area contributed by atoms with Crippen LogP contribution < -0.4 is 0 Å². The lowest BCUT2D eigenvalue weighted by atomic mass is 9.43. The second-order valence-electron chi connectivity index (χ2n) is 13.4. The zero-order valence-corrected chi connectivity index (χ0v) is 23.3. The van der Waals surface area contributed by atoms with E-state index in [9.17, 15) is 23.5 Å². The molecule has 5 nitrogen and oxygen atoms in total. The number of carbonyl (C=O) groups is 2. The van der Waals surface area contributed by atoms with E-state index in [-0.39, 0.29) is 49.2 Å². The minimum absolute atomic E-state index is 0.00475. The summed E-state index contributed by atoms with van der Waals surface area (Å²) >= 11 is 0. The third-order valence-corrected chi connectivity index (χ3v) is 11.3. The predicted molar refractivity (Wildman–Crippen MR) is 140 cm³/mol. The van der Waals surface area contributed by atoms with Crippen LogP contribution in [0, 0.1) is 45.6 Å². The molecule has 4 fully saturated rings. The molecule has 0 radical (unpaired) electrons. The quantitative estimate of drug-likeness (QED) is 0.557. The fourth-order valence-corrected chi connectivity index (χ4v) is 9.71. The smallest absolute Gasteiger partial charge is 0.230 e. The van der Waals surface area contributed by atoms with E-state index in [0.29, 0.717) is 18.5 Å². The van der Waals surface area contributed by atoms with E-state index >= 15 is 8.78 Å². The van der Waals surface area contributed by atoms with Crippen molar-refractivity contribution in [2.24, 2.45) is 34.0 Å². The van der Waals surface area contributed by atoms with E-state index in [1.807, 2.05) is 11.8 Å². The van der Waals surface area contributed by atoms with Gasteiger partial charge in [0, 0.05) is 51.1 Å². The molecule has 1 aliphatic heterocycles. The van der Waals surface area contributed by atoms with Gasteiger partial charge in [0.25, 0.3) is 0 Å². The van der Waals surface area contributed by atoms with Crippen molar-refractivity contribution in [1.82, 2.24) is 9.80 Å². The minimum Gasteiger partial charge on any atom is -0.390 e. The monoisotopic (exact) mass is 560 g/mol. The molecule has 40 heavy (non-hydrogen) atoms. The highest BCUT2D eigenvalue weighted by Crippen LogP contribution is 2.74. The van der Waals surface area contributed by atoms with Crippen LogP contribution >= 0.6 is 0 Å². The molecule has 1 heterocycles. The number of aliphatic hydroxyl groups excluding tert-OH is 1. The number of amides is 1. The highest BCUT2D eigenvalue weighted by Gasteiger charge is 2.78. The van der Waals surface area contributed by atoms with Gasteiger partial charge in [-0.15, -0.1) is 0 Å². The summed E-state index contributed by atoms with van der Waals surface area (Å²) in [5, 5.41) is 11.7. The van der Waals surface area contributed by atoms with Crippen LogP contribution in [-0.2, 0) is 16.1 Å². The molecule has 1 amide bonds. The summed E-state index contributed by atoms with van der Waals surface area (Å²) in [6, 6.07) is 3.38. The standard InChI is InChI=1S/C31H36F4N2O3/c1-28-6-5-21(38)11-24(28)25(34)12-23-22-9-18-15-37(14-17-7-19(32)10-20(33)8-17)16-30(18,27(40)36(3)4)29(22,2)13-26(39)31(23,28)35/h5-8,10-11,18,22-23,25-26,39H,9,12-16H2,1-4H3/t18-,22-,23-,25-,26-,28-,29-,30+,31-/m0/s1. The summed E-state index contributed by atoms with van der Waals surface area (Å²) < 4.78 is 61.2. The normalized spacial score (nSPS) is 44.0. The van der Waals surface area contributed by atoms with Crippen LogP contribution in [0.1, 0.15) is 38.7 Å². The van der Waals surface area contributed by atoms with E-state index < -0.39 is 57.5 Å². The first kappa shape index (κ1) is 27.6. The Bertz CT molecular complexity index is 1330. The average molecular weight is 561 g/mol. The first-order valence-electron chi connectivity index (χ1n) is 14.0. The summed E-state index contributed by atoms with van der Waals surface area (Å²) in [7, 11) is 3.35. The Balaban J connectivity index is 1.41. The number of fused-ring (bicyclic) bond motifs is 7. The summed E-state index contributed by atoms with van der Waals surface area (Å²) in [5.74, 6) is -3.32. The number of hydrogen-bond acceptors (Lipinski definition) is 4. The van der Waals surface area contributed by atoms with Crippen molar-refractivity contribution in [1.29, 1.82) is 0 Å². The SMILES string of the molecule is CN(C)C(=O)[C@@]12CN(Cc3cc(F)cc(F)c3)C[C@@H]1C[C@H]1[C@@H]3C[C@H](F)C4=CC(=O)C=C[C@]4(C)[C@@]3(F)[C@@H](O)C[C@@]12C. The van der Waals surface area contributed by atoms with Gasteiger partial charge in [-0.25, -0.2) is 17.6 Å². The largest absolute Gasteiger partial charge is 0.390 e. The Morgan fingerprint density at radius 3 is 2.45 bits per heavy atom. The first-order chi connectivity index (χ1) is 18.7. The molecule has 0 bridgehead atoms. The maximum atomic E-state index is 17.5. The third-order valence-electron chi connectivity index (χ3n) is 11.3. The molecular formula is C31H36F4N2O3. The van der Waals surface area contributed by atoms with Gasteiger partial charge in [0.1, 0.15) is 17.8 Å². The van der Waals surface area contributed by atoms with Gasteiger partial charge in [0.2, 0.25) is 5.91 Å². The van der Waals surface area contributed by atoms with Gasteiger partial charge >= 0.3 is 0 Å². The molecule has 9 heteroatoms. The minimum atomic E-state index is -2.21. The number of alkyl halides is 2. The lowest BCUT2D eigenvalue weighted by molar-refractivity contribution is -0.213. The molecule has 1 aromatic carbocycles. The molecule has 5 aliphatic rings. The maximum absolute atomic E-state index is 17.5. The number of rotatable bonds is 3. The van der Waals surface area contributed by atoms with Crippen LogP contribution in [0.4, 0.5) is 17.6 Å². The number of halogens is 4. The van der Waals surface area contributed by atoms with Gasteiger partial charge in [-0.1, -0.05) is 13.0 Å². The van der Waals surface area contributed by atoms with Gasteiger partial charge in [0.15, 0.2) is 11.5 Å². The topological polar surface area (TPSA) is 60.9 Å². The maximum Gasteiger partial charge on any atom is 0.230 e. The highest BCUT2D eigenvalue weighted by atomic mass is 19.2. The number of likely N-dealkylation sites (tertiary alicyclic amines) is 1. The summed E-state index contributed by atoms with van der Waals surface area (Å²) in [6.45, 7) is 4.50. The molecule has 216 valence electrons. The Morgan fingerprint density at radius 1 is 1.12 bits per heavy atom. The Labute approximate surface area is 231 Å². The fraction of sp³-hybridized carbons (Fsp3) is 0.613. The molecule has 1 aromatic rings. The molecule has 4 aliphatic carbocycles. The zero-order chi connectivity index (χ0) is 29.0. The summed E-state index contributed by atoms with van der Waals surface area (Å²) in [5.41, 5.74) is -5.00. The number of nitrogens with zero attached hydrogens (tertiary/aromatic N) is 2. The van der Waals surface area contributed by atoms with Crippen molar-refractivity contribution >= 4 is 11.7 Å². The van der Waals surface area contributed by atoms with Gasteiger partial charge in [-0.2, -0.15) is 0 Å². The molecule has 1 saturated heterocycles. The predicted octanol–water partition coefficient (Wildman–Crippen LogP) is 4.40. The molecular weight excluding hydrogens is 524 g/mol. The van der Waals surface area contributed by atoms with Crippen LogP contribution in [0.3, 0.4) is 0 Å². The number of ketones is 1. The Kier molecular flexibility index (Phi) is 6.04. The number of aliphatic hydroxyl groups is 1. The van der Waals surface area contributed by atoms with Crippen molar-refractivity contribution in [3.05, 3.63) is 59.2 Å². The van der Waals surface area contributed by atoms with Crippen molar-refractivity contribution in [3.63, 3.8) is 0 Å². The van der Waals surface area contributed by atoms with Gasteiger partial charge < -0.3 is 10.0 Å². The third kappa shape index (κ3) is 3.39. The van der Waals surface area contributed by atoms with Crippen LogP contribution in [0.2, 0.25) is 0 Å². The average Bonchev–Trinajstić information content (AvgIpc) is 3.33. The summed E-state index contributed by atoms with van der Waals surface area (Å²) in [6.07, 6.45) is 1.14. The number of hydrogen-bond donors (Lipinski definition) is 1. The van der Waals surface area contributed by atoms with Crippen molar-refractivity contribution in [3.8, 4) is 0 Å². The number of benzene rings is 1. The van der Waals surface area contributed by atoms with Crippen LogP contribution in [0.15, 0.2) is 42.0 Å². The molecule has 0 unspecified atom stereocenters. The molecule has 0 aromatic heterocycles. The van der Waals surface area contributed by atoms with E-state index in [0.717, 1.165) is 6.07 Å². The highest BCUT2D eigenvalue weighted by molar-refractivity contribution is 6.01. The Morgan fingerprint density at radius 2 is 1.80 bits per heavy atom. The van der Waals surface area contributed by atoms with Crippen molar-refractivity contribution in [2.45, 2.75) is 57.6 Å². The van der Waals surface area contributed by atoms with Crippen molar-refractivity contribution in [2.75, 3.05) is 27.2 Å². The molecule has 9 atom stereocenters. The van der Waals surface area contributed by atoms with Gasteiger partial charge in [0.05, 0.1) is 11.5 Å². The number of carbonyl (C=O) groups excluding carboxylic acids is 2. The lowest BCUT2D eigenvalue weighted by Crippen LogP contribution is -2.70. The van der Waals surface area contributed by atoms with Crippen LogP contribution in [0.25, 0.3) is 0 Å². The number of allylic oxidation sites excluding steroid dienone is 4. The molecule has 0 spiro atoms. The van der Waals surface area contributed by atoms with Gasteiger partial charge in [-0.05, 0) is 78.9 Å². The van der Waals surface area contributed by atoms with E-state index in [1.165, 1.54) is 35.3 Å². The lowest BCUT2D eigenvalue weighted by Gasteiger charge is -2.63. The fourth-order valence-electron chi connectivity index (χ4n) is 9.71. The second kappa shape index (κ2) is 8.74. The summed E-state index contributed by atoms with van der Waals surface area (Å²) in [4.78, 5) is 29.8. The van der Waals surface area contributed by atoms with E-state index in [2.05, 4.69) is 0 Å². The zero-order valence-electron chi connectivity index (χ0n) is 23.3. The molecule has 6 rings (SSSR count). The Hall–Kier alpha value is -2.52. The van der Waals surface area contributed by atoms with E-state index in [1.54, 1.807) is 21.0 Å². The van der Waals surface area contributed by atoms with Crippen LogP contribution in [0.5, 0.6) is 0 Å². The molecule has 1 N–H and O–H groups in total. The van der Waals surface area contributed by atoms with Crippen molar-refractivity contribution < 1.29 is 32.3 Å². The second-order valence-corrected chi connectivity index (χ2v) is 13.4. The van der Waals surface area contributed by atoms with Gasteiger partial charge in [-0.3, -0.25) is 14.5 Å². The van der Waals surface area contributed by atoms with Crippen LogP contribution in [-0.4, -0.2) is 71.7 Å². The first-order valence-corrected chi connectivity index (χ1v) is 14.0. The molecule has 3 saturated carbocycles.